The molecule has 1 aliphatic rings. The van der Waals surface area contributed by atoms with Crippen LogP contribution in [0.4, 0.5) is 5.69 Å². The summed E-state index contributed by atoms with van der Waals surface area (Å²) in [5.74, 6) is 0. The van der Waals surface area contributed by atoms with Gasteiger partial charge in [-0.3, -0.25) is 0 Å². The largest absolute Gasteiger partial charge is 0.380 e. The summed E-state index contributed by atoms with van der Waals surface area (Å²) in [6.07, 6.45) is 1.99. The summed E-state index contributed by atoms with van der Waals surface area (Å²) in [6, 6.07) is 14.8. The highest BCUT2D eigenvalue weighted by Crippen LogP contribution is 2.27. The molecule has 0 fully saturated rings. The monoisotopic (exact) mass is 295 g/mol. The Morgan fingerprint density at radius 2 is 2.10 bits per heavy atom. The van der Waals surface area contributed by atoms with Crippen LogP contribution in [-0.4, -0.2) is 6.26 Å². The van der Waals surface area contributed by atoms with E-state index in [0.29, 0.717) is 0 Å². The minimum Gasteiger partial charge on any atom is -0.380 e. The Bertz CT molecular complexity index is 704. The third kappa shape index (κ3) is 2.90. The van der Waals surface area contributed by atoms with E-state index in [1.54, 1.807) is 11.8 Å². The summed E-state index contributed by atoms with van der Waals surface area (Å²) in [5.41, 5.74) is 5.65. The van der Waals surface area contributed by atoms with Gasteiger partial charge < -0.3 is 10.6 Å². The van der Waals surface area contributed by atoms with Crippen LogP contribution in [0.5, 0.6) is 0 Å². The molecule has 106 valence electrons. The van der Waals surface area contributed by atoms with Crippen molar-refractivity contribution < 1.29 is 0 Å². The molecule has 1 heterocycles. The van der Waals surface area contributed by atoms with Crippen LogP contribution in [0.2, 0.25) is 0 Å². The third-order valence-electron chi connectivity index (χ3n) is 3.74. The lowest BCUT2D eigenvalue weighted by Gasteiger charge is -2.11. The highest BCUT2D eigenvalue weighted by Gasteiger charge is 2.11. The maximum Gasteiger partial charge on any atom is 0.102 e. The van der Waals surface area contributed by atoms with Crippen LogP contribution in [0.3, 0.4) is 0 Å². The number of hydrogen-bond donors (Lipinski definition) is 2. The summed E-state index contributed by atoms with van der Waals surface area (Å²) < 4.78 is 0. The van der Waals surface area contributed by atoms with Crippen LogP contribution in [0, 0.1) is 11.3 Å². The van der Waals surface area contributed by atoms with Gasteiger partial charge in [0.15, 0.2) is 0 Å². The van der Waals surface area contributed by atoms with E-state index in [-0.39, 0.29) is 0 Å². The number of benzene rings is 2. The maximum atomic E-state index is 9.34. The zero-order valence-electron chi connectivity index (χ0n) is 11.9. The molecule has 0 saturated carbocycles. The number of anilines is 1. The molecule has 0 aromatic heterocycles. The molecular formula is C17H17N3S. The molecule has 0 bridgehead atoms. The molecule has 0 aliphatic carbocycles. The Morgan fingerprint density at radius 3 is 2.90 bits per heavy atom. The zero-order valence-corrected chi connectivity index (χ0v) is 12.8. The maximum absolute atomic E-state index is 9.34. The van der Waals surface area contributed by atoms with Crippen molar-refractivity contribution in [2.24, 2.45) is 0 Å². The van der Waals surface area contributed by atoms with Crippen molar-refractivity contribution in [2.45, 2.75) is 24.5 Å². The fourth-order valence-corrected chi connectivity index (χ4v) is 3.19. The summed E-state index contributed by atoms with van der Waals surface area (Å²) in [6.45, 7) is 2.66. The quantitative estimate of drug-likeness (QED) is 0.848. The summed E-state index contributed by atoms with van der Waals surface area (Å²) >= 11 is 1.60. The van der Waals surface area contributed by atoms with E-state index in [9.17, 15) is 5.26 Å². The van der Waals surface area contributed by atoms with Gasteiger partial charge in [0.1, 0.15) is 6.07 Å². The average Bonchev–Trinajstić information content (AvgIpc) is 2.99. The van der Waals surface area contributed by atoms with Crippen LogP contribution < -0.4 is 10.6 Å². The highest BCUT2D eigenvalue weighted by atomic mass is 32.2. The van der Waals surface area contributed by atoms with Crippen molar-refractivity contribution in [2.75, 3.05) is 11.6 Å². The van der Waals surface area contributed by atoms with Gasteiger partial charge in [-0.1, -0.05) is 24.3 Å². The van der Waals surface area contributed by atoms with Crippen molar-refractivity contribution in [1.29, 1.82) is 5.26 Å². The zero-order chi connectivity index (χ0) is 14.7. The van der Waals surface area contributed by atoms with Gasteiger partial charge in [0.2, 0.25) is 0 Å². The summed E-state index contributed by atoms with van der Waals surface area (Å²) in [4.78, 5) is 1.01. The van der Waals surface area contributed by atoms with Gasteiger partial charge in [0, 0.05) is 24.5 Å². The van der Waals surface area contributed by atoms with Gasteiger partial charge in [0.25, 0.3) is 0 Å². The van der Waals surface area contributed by atoms with Crippen molar-refractivity contribution >= 4 is 17.4 Å². The van der Waals surface area contributed by atoms with E-state index in [0.717, 1.165) is 35.8 Å². The van der Waals surface area contributed by atoms with Crippen molar-refractivity contribution in [1.82, 2.24) is 5.32 Å². The lowest BCUT2D eigenvalue weighted by molar-refractivity contribution is 0.764. The normalized spacial score (nSPS) is 12.8. The summed E-state index contributed by atoms with van der Waals surface area (Å²) in [5, 5.41) is 16.1. The van der Waals surface area contributed by atoms with E-state index < -0.39 is 0 Å². The second-order valence-corrected chi connectivity index (χ2v) is 5.90. The van der Waals surface area contributed by atoms with Gasteiger partial charge in [-0.25, -0.2) is 0 Å². The number of nitrogens with zero attached hydrogens (tertiary/aromatic N) is 1. The van der Waals surface area contributed by atoms with Crippen molar-refractivity contribution in [3.8, 4) is 6.07 Å². The molecular weight excluding hydrogens is 278 g/mol. The smallest absolute Gasteiger partial charge is 0.102 e. The molecule has 2 aromatic carbocycles. The Labute approximate surface area is 129 Å². The molecule has 0 amide bonds. The van der Waals surface area contributed by atoms with Gasteiger partial charge in [-0.05, 0) is 35.1 Å². The molecule has 0 unspecified atom stereocenters. The first-order chi connectivity index (χ1) is 10.3. The van der Waals surface area contributed by atoms with E-state index in [1.807, 2.05) is 24.5 Å². The lowest BCUT2D eigenvalue weighted by atomic mass is 10.1. The van der Waals surface area contributed by atoms with E-state index in [2.05, 4.69) is 34.9 Å². The van der Waals surface area contributed by atoms with E-state index in [1.165, 1.54) is 16.7 Å². The number of hydrogen-bond acceptors (Lipinski definition) is 4. The Morgan fingerprint density at radius 1 is 1.24 bits per heavy atom. The molecule has 21 heavy (non-hydrogen) atoms. The number of nitrogens with one attached hydrogen (secondary N) is 2. The van der Waals surface area contributed by atoms with Crippen LogP contribution in [0.15, 0.2) is 41.3 Å². The molecule has 0 radical (unpaired) electrons. The number of rotatable bonds is 4. The fraction of sp³-hybridized carbons (Fsp3) is 0.235. The van der Waals surface area contributed by atoms with Gasteiger partial charge >= 0.3 is 0 Å². The molecule has 2 aromatic rings. The van der Waals surface area contributed by atoms with E-state index in [4.69, 9.17) is 0 Å². The second kappa shape index (κ2) is 6.21. The van der Waals surface area contributed by atoms with E-state index >= 15 is 0 Å². The minimum atomic E-state index is 0.729. The molecule has 0 spiro atoms. The summed E-state index contributed by atoms with van der Waals surface area (Å²) in [7, 11) is 0. The van der Waals surface area contributed by atoms with Crippen molar-refractivity contribution in [3.05, 3.63) is 58.7 Å². The predicted molar refractivity (Wildman–Crippen MR) is 87.3 cm³/mol. The second-order valence-electron chi connectivity index (χ2n) is 5.05. The van der Waals surface area contributed by atoms with Crippen LogP contribution in [0.1, 0.15) is 22.3 Å². The number of thioether (sulfide) groups is 1. The minimum absolute atomic E-state index is 0.729. The lowest BCUT2D eigenvalue weighted by Crippen LogP contribution is -2.02. The Hall–Kier alpha value is -1.96. The molecule has 3 rings (SSSR count). The molecule has 1 aliphatic heterocycles. The van der Waals surface area contributed by atoms with Gasteiger partial charge in [0.05, 0.1) is 11.3 Å². The molecule has 3 nitrogen and oxygen atoms in total. The van der Waals surface area contributed by atoms with Crippen LogP contribution in [-0.2, 0) is 19.6 Å². The predicted octanol–water partition coefficient (Wildman–Crippen LogP) is 3.50. The SMILES string of the molecule is CSc1cccc(NCc2ccc3c(c2)CNC3)c1C#N. The fourth-order valence-electron chi connectivity index (χ4n) is 2.62. The Kier molecular flexibility index (Phi) is 4.14. The third-order valence-corrected chi connectivity index (χ3v) is 4.52. The highest BCUT2D eigenvalue weighted by molar-refractivity contribution is 7.98. The molecule has 0 atom stereocenters. The topological polar surface area (TPSA) is 47.8 Å². The first kappa shape index (κ1) is 14.0. The van der Waals surface area contributed by atoms with Crippen molar-refractivity contribution in [3.63, 3.8) is 0 Å². The standard InChI is InChI=1S/C17H17N3S/c1-21-17-4-2-3-16(15(17)8-18)20-9-12-5-6-13-10-19-11-14(13)7-12/h2-7,19-20H,9-11H2,1H3. The average molecular weight is 295 g/mol. The van der Waals surface area contributed by atoms with Gasteiger partial charge in [-0.15, -0.1) is 11.8 Å². The molecule has 4 heteroatoms. The van der Waals surface area contributed by atoms with Crippen LogP contribution in [0.25, 0.3) is 0 Å². The first-order valence-corrected chi connectivity index (χ1v) is 8.16. The van der Waals surface area contributed by atoms with Crippen LogP contribution >= 0.6 is 11.8 Å². The molecule has 0 saturated heterocycles. The van der Waals surface area contributed by atoms with Gasteiger partial charge in [-0.2, -0.15) is 5.26 Å². The Balaban J connectivity index is 1.78. The number of nitriles is 1. The first-order valence-electron chi connectivity index (χ1n) is 6.94. The molecule has 2 N–H and O–H groups in total. The number of fused-ring (bicyclic) bond motifs is 1.